The Hall–Kier alpha value is -3.42. The summed E-state index contributed by atoms with van der Waals surface area (Å²) in [4.78, 5) is 24.5. The van der Waals surface area contributed by atoms with E-state index in [4.69, 9.17) is 17.9 Å². The van der Waals surface area contributed by atoms with Gasteiger partial charge in [0.1, 0.15) is 11.9 Å². The summed E-state index contributed by atoms with van der Waals surface area (Å²) in [6, 6.07) is 14.4. The van der Waals surface area contributed by atoms with Crippen LogP contribution in [0, 0.1) is 36.7 Å². The second-order valence-corrected chi connectivity index (χ2v) is 11.1. The zero-order chi connectivity index (χ0) is 26.7. The lowest BCUT2D eigenvalue weighted by Crippen LogP contribution is -2.54. The van der Waals surface area contributed by atoms with Crippen molar-refractivity contribution in [3.05, 3.63) is 82.7 Å². The Kier molecular flexibility index (Phi) is 7.68. The smallest absolute Gasteiger partial charge is 0.302 e. The average Bonchev–Trinajstić information content (AvgIpc) is 3.35. The van der Waals surface area contributed by atoms with Gasteiger partial charge in [-0.15, -0.1) is 0 Å². The van der Waals surface area contributed by atoms with E-state index in [1.54, 1.807) is 6.07 Å². The van der Waals surface area contributed by atoms with Gasteiger partial charge in [-0.25, -0.2) is 15.8 Å². The zero-order valence-corrected chi connectivity index (χ0v) is 22.0. The van der Waals surface area contributed by atoms with Crippen molar-refractivity contribution in [2.24, 2.45) is 17.8 Å². The third-order valence-corrected chi connectivity index (χ3v) is 8.83. The number of hydrogen-bond donors (Lipinski definition) is 0. The molecule has 198 valence electrons. The van der Waals surface area contributed by atoms with Gasteiger partial charge in [-0.1, -0.05) is 24.3 Å². The number of benzene rings is 2. The highest BCUT2D eigenvalue weighted by atomic mass is 19.1. The molecule has 0 bridgehead atoms. The Morgan fingerprint density at radius 1 is 1.08 bits per heavy atom. The summed E-state index contributed by atoms with van der Waals surface area (Å²) in [5.74, 6) is -0.0844. The summed E-state index contributed by atoms with van der Waals surface area (Å²) in [6.45, 7) is 21.9. The minimum atomic E-state index is -0.893. The fraction of sp³-hybridized carbons (Fsp3) is 0.516. The van der Waals surface area contributed by atoms with Crippen LogP contribution in [-0.4, -0.2) is 49.7 Å². The van der Waals surface area contributed by atoms with Gasteiger partial charge in [0.2, 0.25) is 0 Å². The van der Waals surface area contributed by atoms with Crippen LogP contribution in [0.25, 0.3) is 9.69 Å². The van der Waals surface area contributed by atoms with Crippen LogP contribution in [0.1, 0.15) is 44.6 Å². The maximum absolute atomic E-state index is 14.4. The van der Waals surface area contributed by atoms with Crippen molar-refractivity contribution >= 4 is 17.3 Å². The van der Waals surface area contributed by atoms with E-state index in [0.717, 1.165) is 70.4 Å². The van der Waals surface area contributed by atoms with Crippen LogP contribution in [0.3, 0.4) is 0 Å². The molecule has 7 heteroatoms. The number of hydrogen-bond acceptors (Lipinski definition) is 4. The third-order valence-electron chi connectivity index (χ3n) is 8.83. The van der Waals surface area contributed by atoms with Crippen molar-refractivity contribution in [2.75, 3.05) is 37.6 Å². The Balaban J connectivity index is 1.26. The first-order valence-corrected chi connectivity index (χ1v) is 13.7. The summed E-state index contributed by atoms with van der Waals surface area (Å²) in [7, 11) is 0. The van der Waals surface area contributed by atoms with E-state index in [1.165, 1.54) is 24.7 Å². The van der Waals surface area contributed by atoms with Crippen LogP contribution in [0.15, 0.2) is 48.5 Å². The minimum absolute atomic E-state index is 0.0815. The molecule has 0 radical (unpaired) electrons. The summed E-state index contributed by atoms with van der Waals surface area (Å²) < 4.78 is 20.1. The molecular formula is C31H35FN4O2. The predicted octanol–water partition coefficient (Wildman–Crippen LogP) is 6.07. The van der Waals surface area contributed by atoms with Crippen LogP contribution in [0.5, 0.6) is 0 Å². The molecule has 38 heavy (non-hydrogen) atoms. The van der Waals surface area contributed by atoms with Gasteiger partial charge in [0.15, 0.2) is 5.69 Å². The number of nitrogens with zero attached hydrogens (tertiary/aromatic N) is 4. The van der Waals surface area contributed by atoms with E-state index in [9.17, 15) is 9.18 Å². The molecule has 3 fully saturated rings. The number of carbonyl (C=O) groups is 1. The fourth-order valence-electron chi connectivity index (χ4n) is 7.07. The summed E-state index contributed by atoms with van der Waals surface area (Å²) in [6.07, 6.45) is 3.92. The Bertz CT molecular complexity index is 1220. The molecule has 0 aromatic heterocycles. The molecule has 2 aromatic rings. The molecule has 2 aromatic carbocycles. The highest BCUT2D eigenvalue weighted by Crippen LogP contribution is 2.52. The molecule has 0 spiro atoms. The minimum Gasteiger partial charge on any atom is -0.462 e. The number of rotatable bonds is 7. The van der Waals surface area contributed by atoms with Crippen LogP contribution in [0.2, 0.25) is 0 Å². The van der Waals surface area contributed by atoms with Crippen molar-refractivity contribution < 1.29 is 13.9 Å². The van der Waals surface area contributed by atoms with Crippen molar-refractivity contribution in [3.63, 3.8) is 0 Å². The maximum Gasteiger partial charge on any atom is 0.302 e. The number of ether oxygens (including phenoxy) is 1. The summed E-state index contributed by atoms with van der Waals surface area (Å²) in [5, 5.41) is 0. The lowest BCUT2D eigenvalue weighted by molar-refractivity contribution is -0.149. The first-order valence-electron chi connectivity index (χ1n) is 13.7. The number of piperidine rings is 1. The van der Waals surface area contributed by atoms with Crippen molar-refractivity contribution in [3.8, 4) is 0 Å². The molecule has 0 amide bonds. The lowest BCUT2D eigenvalue weighted by Gasteiger charge is -2.46. The van der Waals surface area contributed by atoms with Crippen molar-refractivity contribution in [1.82, 2.24) is 4.90 Å². The molecule has 1 saturated carbocycles. The summed E-state index contributed by atoms with van der Waals surface area (Å²) >= 11 is 0. The third kappa shape index (κ3) is 5.13. The van der Waals surface area contributed by atoms with E-state index in [1.807, 2.05) is 30.3 Å². The van der Waals surface area contributed by atoms with Gasteiger partial charge in [-0.2, -0.15) is 0 Å². The Morgan fingerprint density at radius 3 is 2.45 bits per heavy atom. The van der Waals surface area contributed by atoms with Crippen molar-refractivity contribution in [1.29, 1.82) is 0 Å². The number of halogens is 1. The predicted molar refractivity (Wildman–Crippen MR) is 145 cm³/mol. The van der Waals surface area contributed by atoms with Gasteiger partial charge < -0.3 is 19.4 Å². The molecule has 0 N–H and O–H groups in total. The van der Waals surface area contributed by atoms with Gasteiger partial charge in [0, 0.05) is 49.6 Å². The van der Waals surface area contributed by atoms with Gasteiger partial charge in [-0.05, 0) is 69.5 Å². The molecule has 2 saturated heterocycles. The molecule has 2 heterocycles. The standard InChI is InChI=1S/C31H35FN4O2/c1-22(37)38-30-9-5-8-29(30)31(34-3,25-6-4-7-26(32)18-25)24-14-16-35(17-15-24)19-23-20-36(21-23)28-12-10-27(33-2)11-13-28/h4,6-7,10-13,18,23-24,29-30H,5,8-9,14-17,19-21H2,1H3/t29-,30-,31?/m0/s1. The Labute approximate surface area is 225 Å². The van der Waals surface area contributed by atoms with Gasteiger partial charge >= 0.3 is 5.97 Å². The van der Waals surface area contributed by atoms with Gasteiger partial charge in [0.25, 0.3) is 5.54 Å². The fourth-order valence-corrected chi connectivity index (χ4v) is 7.07. The second-order valence-electron chi connectivity index (χ2n) is 11.1. The van der Waals surface area contributed by atoms with Gasteiger partial charge in [-0.3, -0.25) is 4.79 Å². The molecule has 1 aliphatic carbocycles. The SMILES string of the molecule is [C-]#[N+]c1ccc(N2CC(CN3CCC(C([N+]#[C-])(c4cccc(F)c4)[C@H]4CCC[C@@H]4OC(C)=O)CC3)C2)cc1. The number of likely N-dealkylation sites (tertiary alicyclic amines) is 1. The number of carbonyl (C=O) groups excluding carboxylic acids is 1. The van der Waals surface area contributed by atoms with E-state index < -0.39 is 5.54 Å². The molecule has 1 unspecified atom stereocenters. The quantitative estimate of drug-likeness (QED) is 0.332. The van der Waals surface area contributed by atoms with E-state index in [2.05, 4.69) is 19.5 Å². The second kappa shape index (κ2) is 11.1. The monoisotopic (exact) mass is 514 g/mol. The molecule has 5 rings (SSSR count). The topological polar surface area (TPSA) is 41.5 Å². The molecule has 3 aliphatic rings. The number of anilines is 1. The highest BCUT2D eigenvalue weighted by Gasteiger charge is 2.58. The summed E-state index contributed by atoms with van der Waals surface area (Å²) in [5.41, 5.74) is 1.67. The highest BCUT2D eigenvalue weighted by molar-refractivity contribution is 5.66. The molecule has 6 nitrogen and oxygen atoms in total. The van der Waals surface area contributed by atoms with E-state index in [0.29, 0.717) is 11.6 Å². The van der Waals surface area contributed by atoms with Crippen LogP contribution in [0.4, 0.5) is 15.8 Å². The van der Waals surface area contributed by atoms with Crippen LogP contribution >= 0.6 is 0 Å². The first kappa shape index (κ1) is 26.2. The molecular weight excluding hydrogens is 479 g/mol. The lowest BCUT2D eigenvalue weighted by atomic mass is 9.65. The molecule has 2 aliphatic heterocycles. The first-order chi connectivity index (χ1) is 18.4. The average molecular weight is 515 g/mol. The normalized spacial score (nSPS) is 24.2. The van der Waals surface area contributed by atoms with Crippen LogP contribution in [-0.2, 0) is 15.1 Å². The van der Waals surface area contributed by atoms with Gasteiger partial charge in [0.05, 0.1) is 12.5 Å². The molecule has 3 atom stereocenters. The number of esters is 1. The zero-order valence-electron chi connectivity index (χ0n) is 22.0. The Morgan fingerprint density at radius 2 is 1.82 bits per heavy atom. The van der Waals surface area contributed by atoms with E-state index in [-0.39, 0.29) is 29.7 Å². The largest absolute Gasteiger partial charge is 0.462 e. The van der Waals surface area contributed by atoms with Crippen molar-refractivity contribution in [2.45, 2.75) is 50.7 Å². The maximum atomic E-state index is 14.4. The van der Waals surface area contributed by atoms with Crippen LogP contribution < -0.4 is 4.90 Å². The van der Waals surface area contributed by atoms with E-state index >= 15 is 0 Å².